The molecule has 314 valence electrons. The van der Waals surface area contributed by atoms with E-state index in [0.29, 0.717) is 44.2 Å². The Morgan fingerprint density at radius 1 is 0.776 bits per heavy atom. The zero-order valence-corrected chi connectivity index (χ0v) is 38.7. The number of benzene rings is 4. The number of halogens is 8. The standard InChI is InChI=1S/C21H23BrF2IN3O4.C17H16BrF2IN2O3/c1-12-8-13(25)2-3-17(12)26-20-15(9-16(22)18(23)19(20)24)21(30)27-32-11-14(29)10-28-4-6-31-7-5-28;1-9-7-10(21)3-4-13(9)22-16-11(8-12(18)14(19)15(16)20)17(24)23-26-6-5-25-2/h2-3,8-9,14,26,29H,4-7,10-11H2,1H3,(H,27,30);3-4,7-8,22H,5-6H2,1-2H3,(H,23,24). The van der Waals surface area contributed by atoms with Gasteiger partial charge >= 0.3 is 0 Å². The van der Waals surface area contributed by atoms with Crippen LogP contribution < -0.4 is 21.6 Å². The molecule has 1 heterocycles. The SMILES string of the molecule is COCCONC(=O)c1cc(Br)c(F)c(F)c1Nc1ccc(I)cc1C.Cc1cc(I)ccc1Nc1c(C(=O)NOCC(O)CN2CCOCC2)cc(Br)c(F)c1F. The number of rotatable bonds is 15. The summed E-state index contributed by atoms with van der Waals surface area (Å²) in [5.74, 6) is -6.07. The largest absolute Gasteiger partial charge is 0.389 e. The molecule has 1 atom stereocenters. The molecular formula is C38H39Br2F4I2N5O7. The van der Waals surface area contributed by atoms with Gasteiger partial charge in [0, 0.05) is 45.3 Å². The third-order valence-corrected chi connectivity index (χ3v) is 10.8. The van der Waals surface area contributed by atoms with E-state index >= 15 is 0 Å². The van der Waals surface area contributed by atoms with E-state index in [1.54, 1.807) is 12.1 Å². The van der Waals surface area contributed by atoms with E-state index in [9.17, 15) is 32.3 Å². The number of aliphatic hydroxyl groups excluding tert-OH is 1. The number of methoxy groups -OCH3 is 1. The molecule has 0 bridgehead atoms. The van der Waals surface area contributed by atoms with E-state index in [4.69, 9.17) is 19.1 Å². The molecule has 5 rings (SSSR count). The summed E-state index contributed by atoms with van der Waals surface area (Å²) in [6.45, 7) is 6.86. The van der Waals surface area contributed by atoms with Crippen molar-refractivity contribution in [3.63, 3.8) is 0 Å². The first-order chi connectivity index (χ1) is 27.6. The molecule has 12 nitrogen and oxygen atoms in total. The van der Waals surface area contributed by atoms with Crippen molar-refractivity contribution >= 4 is 112 Å². The number of nitrogens with zero attached hydrogens (tertiary/aromatic N) is 1. The van der Waals surface area contributed by atoms with Gasteiger partial charge in [-0.25, -0.2) is 28.5 Å². The molecule has 0 radical (unpaired) electrons. The maximum absolute atomic E-state index is 14.7. The summed E-state index contributed by atoms with van der Waals surface area (Å²) in [6, 6.07) is 13.2. The number of aryl methyl sites for hydroxylation is 2. The normalized spacial score (nSPS) is 13.3. The van der Waals surface area contributed by atoms with Crippen molar-refractivity contribution < 1.29 is 51.4 Å². The fourth-order valence-electron chi connectivity index (χ4n) is 5.29. The fraction of sp³-hybridized carbons (Fsp3) is 0.316. The average Bonchev–Trinajstić information content (AvgIpc) is 3.18. The summed E-state index contributed by atoms with van der Waals surface area (Å²) in [7, 11) is 1.49. The Bertz CT molecular complexity index is 2090. The molecule has 2 amide bonds. The van der Waals surface area contributed by atoms with Crippen molar-refractivity contribution in [3.05, 3.63) is 110 Å². The third kappa shape index (κ3) is 13.7. The minimum absolute atomic E-state index is 0.105. The van der Waals surface area contributed by atoms with Crippen LogP contribution in [-0.2, 0) is 19.1 Å². The highest BCUT2D eigenvalue weighted by atomic mass is 127. The number of hydroxylamine groups is 2. The molecule has 0 aliphatic carbocycles. The quantitative estimate of drug-likeness (QED) is 0.0259. The maximum Gasteiger partial charge on any atom is 0.277 e. The Hall–Kier alpha value is -2.68. The van der Waals surface area contributed by atoms with E-state index < -0.39 is 41.2 Å². The highest BCUT2D eigenvalue weighted by Gasteiger charge is 2.25. The third-order valence-electron chi connectivity index (χ3n) is 8.28. The predicted molar refractivity (Wildman–Crippen MR) is 234 cm³/mol. The van der Waals surface area contributed by atoms with Crippen LogP contribution in [0.15, 0.2) is 57.5 Å². The molecule has 4 aromatic rings. The number of morpholine rings is 1. The van der Waals surface area contributed by atoms with Gasteiger partial charge in [0.05, 0.1) is 64.0 Å². The van der Waals surface area contributed by atoms with Gasteiger partial charge in [-0.2, -0.15) is 0 Å². The summed E-state index contributed by atoms with van der Waals surface area (Å²) in [5.41, 5.74) is 6.24. The molecule has 4 aromatic carbocycles. The van der Waals surface area contributed by atoms with Gasteiger partial charge in [-0.3, -0.25) is 24.2 Å². The summed E-state index contributed by atoms with van der Waals surface area (Å²) in [5, 5.41) is 15.7. The molecular weight excluding hydrogens is 1130 g/mol. The topological polar surface area (TPSA) is 143 Å². The molecule has 1 fully saturated rings. The Morgan fingerprint density at radius 2 is 1.24 bits per heavy atom. The number of ether oxygens (including phenoxy) is 2. The van der Waals surface area contributed by atoms with E-state index in [-0.39, 0.29) is 51.3 Å². The van der Waals surface area contributed by atoms with Crippen molar-refractivity contribution in [1.29, 1.82) is 0 Å². The number of nitrogens with one attached hydrogen (secondary N) is 4. The number of hydrogen-bond acceptors (Lipinski definition) is 10. The van der Waals surface area contributed by atoms with Crippen LogP contribution in [0.2, 0.25) is 0 Å². The van der Waals surface area contributed by atoms with Crippen LogP contribution in [0, 0.1) is 44.3 Å². The first-order valence-corrected chi connectivity index (χ1v) is 21.1. The van der Waals surface area contributed by atoms with Crippen molar-refractivity contribution in [1.82, 2.24) is 15.9 Å². The van der Waals surface area contributed by atoms with Crippen LogP contribution in [-0.4, -0.2) is 87.7 Å². The van der Waals surface area contributed by atoms with Crippen molar-refractivity contribution in [2.75, 3.05) is 70.4 Å². The second-order valence-corrected chi connectivity index (χ2v) is 16.8. The lowest BCUT2D eigenvalue weighted by molar-refractivity contribution is -0.0363. The van der Waals surface area contributed by atoms with Gasteiger partial charge in [0.2, 0.25) is 0 Å². The number of aliphatic hydroxyl groups is 1. The van der Waals surface area contributed by atoms with Crippen molar-refractivity contribution in [2.24, 2.45) is 0 Å². The van der Waals surface area contributed by atoms with Gasteiger partial charge in [-0.05, 0) is 151 Å². The summed E-state index contributed by atoms with van der Waals surface area (Å²) in [6.07, 6.45) is -0.836. The second kappa shape index (κ2) is 23.4. The molecule has 1 aliphatic rings. The lowest BCUT2D eigenvalue weighted by atomic mass is 10.1. The molecule has 0 saturated carbocycles. The van der Waals surface area contributed by atoms with E-state index in [2.05, 4.69) is 98.6 Å². The number of carbonyl (C=O) groups excluding carboxylic acids is 2. The summed E-state index contributed by atoms with van der Waals surface area (Å²) in [4.78, 5) is 37.2. The molecule has 1 unspecified atom stereocenters. The molecule has 20 heteroatoms. The highest BCUT2D eigenvalue weighted by molar-refractivity contribution is 14.1. The average molecular weight is 1170 g/mol. The summed E-state index contributed by atoms with van der Waals surface area (Å²) < 4.78 is 69.2. The van der Waals surface area contributed by atoms with Crippen LogP contribution in [0.4, 0.5) is 40.3 Å². The van der Waals surface area contributed by atoms with E-state index in [1.807, 2.05) is 43.0 Å². The van der Waals surface area contributed by atoms with Crippen LogP contribution >= 0.6 is 77.0 Å². The van der Waals surface area contributed by atoms with Gasteiger partial charge in [0.25, 0.3) is 11.8 Å². The Balaban J connectivity index is 0.000000262. The minimum Gasteiger partial charge on any atom is -0.389 e. The number of hydrogen-bond donors (Lipinski definition) is 5. The zero-order chi connectivity index (χ0) is 42.5. The van der Waals surface area contributed by atoms with Crippen LogP contribution in [0.3, 0.4) is 0 Å². The van der Waals surface area contributed by atoms with Crippen LogP contribution in [0.5, 0.6) is 0 Å². The number of anilines is 4. The lowest BCUT2D eigenvalue weighted by Gasteiger charge is -2.28. The first kappa shape index (κ1) is 48.0. The van der Waals surface area contributed by atoms with Gasteiger partial charge < -0.3 is 25.2 Å². The van der Waals surface area contributed by atoms with Gasteiger partial charge in [0.15, 0.2) is 23.3 Å². The predicted octanol–water partition coefficient (Wildman–Crippen LogP) is 8.43. The molecule has 1 aliphatic heterocycles. The monoisotopic (exact) mass is 1160 g/mol. The van der Waals surface area contributed by atoms with Gasteiger partial charge in [0.1, 0.15) is 6.61 Å². The second-order valence-electron chi connectivity index (χ2n) is 12.6. The Morgan fingerprint density at radius 3 is 1.69 bits per heavy atom. The van der Waals surface area contributed by atoms with Gasteiger partial charge in [-0.1, -0.05) is 0 Å². The molecule has 0 aromatic heterocycles. The first-order valence-electron chi connectivity index (χ1n) is 17.3. The van der Waals surface area contributed by atoms with Gasteiger partial charge in [-0.15, -0.1) is 0 Å². The number of amides is 2. The Labute approximate surface area is 376 Å². The maximum atomic E-state index is 14.7. The van der Waals surface area contributed by atoms with E-state index in [0.717, 1.165) is 18.3 Å². The van der Waals surface area contributed by atoms with Crippen molar-refractivity contribution in [3.8, 4) is 0 Å². The smallest absolute Gasteiger partial charge is 0.277 e. The zero-order valence-electron chi connectivity index (χ0n) is 31.2. The highest BCUT2D eigenvalue weighted by Crippen LogP contribution is 2.34. The molecule has 1 saturated heterocycles. The van der Waals surface area contributed by atoms with Crippen LogP contribution in [0.25, 0.3) is 0 Å². The molecule has 5 N–H and O–H groups in total. The number of β-amino-alcohol motifs (C(OH)–C–C–N with tert-alkyl or cyclic N) is 1. The summed E-state index contributed by atoms with van der Waals surface area (Å²) >= 11 is 10.1. The molecule has 0 spiro atoms. The lowest BCUT2D eigenvalue weighted by Crippen LogP contribution is -2.42. The number of carbonyl (C=O) groups is 2. The van der Waals surface area contributed by atoms with Crippen LogP contribution in [0.1, 0.15) is 31.8 Å². The van der Waals surface area contributed by atoms with Crippen molar-refractivity contribution in [2.45, 2.75) is 20.0 Å². The molecule has 58 heavy (non-hydrogen) atoms. The minimum atomic E-state index is -1.20. The van der Waals surface area contributed by atoms with E-state index in [1.165, 1.54) is 19.2 Å². The fourth-order valence-corrected chi connectivity index (χ4v) is 7.39. The Kier molecular flexibility index (Phi) is 19.3.